The van der Waals surface area contributed by atoms with Crippen LogP contribution in [0.25, 0.3) is 0 Å². The average Bonchev–Trinajstić information content (AvgIpc) is 2.49. The van der Waals surface area contributed by atoms with Crippen LogP contribution in [0.15, 0.2) is 12.1 Å². The lowest BCUT2D eigenvalue weighted by atomic mass is 9.96. The molecule has 1 saturated heterocycles. The van der Waals surface area contributed by atoms with Crippen LogP contribution in [-0.4, -0.2) is 32.1 Å². The van der Waals surface area contributed by atoms with Gasteiger partial charge in [0.25, 0.3) is 0 Å². The molecular formula is C15H21N3O3. The molecule has 1 unspecified atom stereocenters. The first kappa shape index (κ1) is 15.2. The Balaban J connectivity index is 2.33. The van der Waals surface area contributed by atoms with Gasteiger partial charge in [-0.3, -0.25) is 4.79 Å². The van der Waals surface area contributed by atoms with Crippen molar-refractivity contribution in [2.24, 2.45) is 11.7 Å². The zero-order valence-electron chi connectivity index (χ0n) is 12.4. The molecule has 21 heavy (non-hydrogen) atoms. The lowest BCUT2D eigenvalue weighted by Crippen LogP contribution is -2.41. The Kier molecular flexibility index (Phi) is 4.35. The van der Waals surface area contributed by atoms with E-state index in [0.29, 0.717) is 17.8 Å². The largest absolute Gasteiger partial charge is 0.465 e. The Labute approximate surface area is 124 Å². The topological polar surface area (TPSA) is 98.6 Å². The third-order valence-electron chi connectivity index (χ3n) is 3.97. The number of primary amides is 1. The van der Waals surface area contributed by atoms with Crippen LogP contribution >= 0.6 is 0 Å². The molecule has 0 aromatic heterocycles. The van der Waals surface area contributed by atoms with Gasteiger partial charge in [0, 0.05) is 24.5 Å². The van der Waals surface area contributed by atoms with E-state index in [-0.39, 0.29) is 11.8 Å². The number of esters is 1. The van der Waals surface area contributed by atoms with Crippen molar-refractivity contribution in [1.82, 2.24) is 0 Å². The number of aryl methyl sites for hydroxylation is 1. The lowest BCUT2D eigenvalue weighted by molar-refractivity contribution is -0.122. The fraction of sp³-hybridized carbons (Fsp3) is 0.467. The Morgan fingerprint density at radius 1 is 1.38 bits per heavy atom. The summed E-state index contributed by atoms with van der Waals surface area (Å²) in [6.45, 7) is 3.24. The summed E-state index contributed by atoms with van der Waals surface area (Å²) in [5.74, 6) is -0.890. The maximum absolute atomic E-state index is 11.8. The maximum Gasteiger partial charge on any atom is 0.340 e. The summed E-state index contributed by atoms with van der Waals surface area (Å²) < 4.78 is 4.76. The summed E-state index contributed by atoms with van der Waals surface area (Å²) in [6, 6.07) is 3.64. The van der Waals surface area contributed by atoms with E-state index in [1.165, 1.54) is 7.11 Å². The molecule has 0 saturated carbocycles. The summed E-state index contributed by atoms with van der Waals surface area (Å²) in [5, 5.41) is 0. The van der Waals surface area contributed by atoms with Gasteiger partial charge in [0.1, 0.15) is 0 Å². The van der Waals surface area contributed by atoms with Gasteiger partial charge in [0.2, 0.25) is 5.91 Å². The predicted octanol–water partition coefficient (Wildman–Crippen LogP) is 1.07. The number of benzene rings is 1. The van der Waals surface area contributed by atoms with Gasteiger partial charge < -0.3 is 21.1 Å². The summed E-state index contributed by atoms with van der Waals surface area (Å²) in [6.07, 6.45) is 1.70. The number of nitrogens with zero attached hydrogens (tertiary/aromatic N) is 1. The number of hydrogen-bond acceptors (Lipinski definition) is 5. The SMILES string of the molecule is COC(=O)c1cc(N2CCCC(C(N)=O)C2)cc(C)c1N. The molecule has 6 nitrogen and oxygen atoms in total. The van der Waals surface area contributed by atoms with Gasteiger partial charge in [-0.25, -0.2) is 4.79 Å². The van der Waals surface area contributed by atoms with E-state index >= 15 is 0 Å². The molecule has 1 amide bonds. The van der Waals surface area contributed by atoms with Gasteiger partial charge in [0.05, 0.1) is 18.6 Å². The Morgan fingerprint density at radius 2 is 2.10 bits per heavy atom. The van der Waals surface area contributed by atoms with Gasteiger partial charge >= 0.3 is 5.97 Å². The minimum Gasteiger partial charge on any atom is -0.465 e. The number of carbonyl (C=O) groups is 2. The highest BCUT2D eigenvalue weighted by atomic mass is 16.5. The molecule has 1 fully saturated rings. The maximum atomic E-state index is 11.8. The van der Waals surface area contributed by atoms with Crippen LogP contribution in [0.5, 0.6) is 0 Å². The molecule has 1 aliphatic rings. The number of amides is 1. The highest BCUT2D eigenvalue weighted by Crippen LogP contribution is 2.29. The minimum absolute atomic E-state index is 0.154. The molecule has 4 N–H and O–H groups in total. The molecule has 1 aliphatic heterocycles. The molecule has 2 rings (SSSR count). The quantitative estimate of drug-likeness (QED) is 0.641. The van der Waals surface area contributed by atoms with Crippen LogP contribution in [0.2, 0.25) is 0 Å². The van der Waals surface area contributed by atoms with Crippen LogP contribution in [0.3, 0.4) is 0 Å². The van der Waals surface area contributed by atoms with Gasteiger partial charge in [-0.2, -0.15) is 0 Å². The van der Waals surface area contributed by atoms with Gasteiger partial charge in [-0.15, -0.1) is 0 Å². The third kappa shape index (κ3) is 3.09. The second-order valence-electron chi connectivity index (χ2n) is 5.40. The predicted molar refractivity (Wildman–Crippen MR) is 81.1 cm³/mol. The number of piperidine rings is 1. The molecular weight excluding hydrogens is 270 g/mol. The van der Waals surface area contributed by atoms with Crippen molar-refractivity contribution in [1.29, 1.82) is 0 Å². The first-order chi connectivity index (χ1) is 9.93. The molecule has 1 heterocycles. The highest BCUT2D eigenvalue weighted by molar-refractivity contribution is 5.97. The molecule has 6 heteroatoms. The van der Waals surface area contributed by atoms with Crippen LogP contribution < -0.4 is 16.4 Å². The van der Waals surface area contributed by atoms with E-state index in [2.05, 4.69) is 4.90 Å². The zero-order valence-corrected chi connectivity index (χ0v) is 12.4. The zero-order chi connectivity index (χ0) is 15.6. The van der Waals surface area contributed by atoms with Crippen molar-refractivity contribution < 1.29 is 14.3 Å². The van der Waals surface area contributed by atoms with Crippen molar-refractivity contribution in [3.05, 3.63) is 23.3 Å². The molecule has 0 aliphatic carbocycles. The molecule has 0 bridgehead atoms. The van der Waals surface area contributed by atoms with Crippen LogP contribution in [0.4, 0.5) is 11.4 Å². The molecule has 1 aromatic rings. The van der Waals surface area contributed by atoms with Gasteiger partial charge in [0.15, 0.2) is 0 Å². The van der Waals surface area contributed by atoms with Crippen molar-refractivity contribution in [3.8, 4) is 0 Å². The third-order valence-corrected chi connectivity index (χ3v) is 3.97. The average molecular weight is 291 g/mol. The first-order valence-corrected chi connectivity index (χ1v) is 6.96. The van der Waals surface area contributed by atoms with Crippen LogP contribution in [0, 0.1) is 12.8 Å². The number of nitrogens with two attached hydrogens (primary N) is 2. The highest BCUT2D eigenvalue weighted by Gasteiger charge is 2.25. The van der Waals surface area contributed by atoms with E-state index < -0.39 is 5.97 Å². The van der Waals surface area contributed by atoms with Crippen LogP contribution in [-0.2, 0) is 9.53 Å². The van der Waals surface area contributed by atoms with Crippen molar-refractivity contribution in [3.63, 3.8) is 0 Å². The van der Waals surface area contributed by atoms with E-state index in [1.807, 2.05) is 13.0 Å². The lowest BCUT2D eigenvalue weighted by Gasteiger charge is -2.33. The molecule has 0 spiro atoms. The molecule has 114 valence electrons. The first-order valence-electron chi connectivity index (χ1n) is 6.96. The summed E-state index contributed by atoms with van der Waals surface area (Å²) in [5.41, 5.74) is 13.8. The van der Waals surface area contributed by atoms with Crippen molar-refractivity contribution in [2.45, 2.75) is 19.8 Å². The number of anilines is 2. The minimum atomic E-state index is -0.457. The number of carbonyl (C=O) groups excluding carboxylic acids is 2. The van der Waals surface area contributed by atoms with Gasteiger partial charge in [-0.1, -0.05) is 0 Å². The van der Waals surface area contributed by atoms with Gasteiger partial charge in [-0.05, 0) is 37.5 Å². The number of rotatable bonds is 3. The van der Waals surface area contributed by atoms with E-state index in [9.17, 15) is 9.59 Å². The second kappa shape index (κ2) is 6.03. The number of methoxy groups -OCH3 is 1. The van der Waals surface area contributed by atoms with Crippen LogP contribution in [0.1, 0.15) is 28.8 Å². The molecule has 1 atom stereocenters. The Morgan fingerprint density at radius 3 is 2.71 bits per heavy atom. The van der Waals surface area contributed by atoms with E-state index in [1.54, 1.807) is 6.07 Å². The van der Waals surface area contributed by atoms with Crippen molar-refractivity contribution >= 4 is 23.3 Å². The number of nitrogen functional groups attached to an aromatic ring is 1. The monoisotopic (exact) mass is 291 g/mol. The summed E-state index contributed by atoms with van der Waals surface area (Å²) >= 11 is 0. The summed E-state index contributed by atoms with van der Waals surface area (Å²) in [4.78, 5) is 25.2. The van der Waals surface area contributed by atoms with E-state index in [0.717, 1.165) is 30.6 Å². The second-order valence-corrected chi connectivity index (χ2v) is 5.40. The summed E-state index contributed by atoms with van der Waals surface area (Å²) in [7, 11) is 1.33. The molecule has 0 radical (unpaired) electrons. The van der Waals surface area contributed by atoms with Crippen molar-refractivity contribution in [2.75, 3.05) is 30.8 Å². The fourth-order valence-electron chi connectivity index (χ4n) is 2.68. The normalized spacial score (nSPS) is 18.4. The smallest absolute Gasteiger partial charge is 0.340 e. The number of hydrogen-bond donors (Lipinski definition) is 2. The molecule has 1 aromatic carbocycles. The Hall–Kier alpha value is -2.24. The Bertz CT molecular complexity index is 572. The van der Waals surface area contributed by atoms with E-state index in [4.69, 9.17) is 16.2 Å². The standard InChI is InChI=1S/C15H21N3O3/c1-9-6-11(7-12(13(9)16)15(20)21-2)18-5-3-4-10(8-18)14(17)19/h6-7,10H,3-5,8,16H2,1-2H3,(H2,17,19). The number of ether oxygens (including phenoxy) is 1. The fourth-order valence-corrected chi connectivity index (χ4v) is 2.68.